The van der Waals surface area contributed by atoms with Crippen LogP contribution in [-0.4, -0.2) is 38.0 Å². The molecular formula is C14H22N4O3. The van der Waals surface area contributed by atoms with Gasteiger partial charge in [-0.3, -0.25) is 9.48 Å². The van der Waals surface area contributed by atoms with Crippen molar-refractivity contribution in [3.63, 3.8) is 0 Å². The molecule has 116 valence electrons. The van der Waals surface area contributed by atoms with E-state index >= 15 is 0 Å². The van der Waals surface area contributed by atoms with Gasteiger partial charge >= 0.3 is 5.97 Å². The van der Waals surface area contributed by atoms with Gasteiger partial charge in [-0.05, 0) is 12.8 Å². The van der Waals surface area contributed by atoms with Gasteiger partial charge in [0.05, 0.1) is 5.69 Å². The smallest absolute Gasteiger partial charge is 0.326 e. The Morgan fingerprint density at radius 3 is 2.95 bits per heavy atom. The van der Waals surface area contributed by atoms with Crippen LogP contribution < -0.4 is 5.32 Å². The average molecular weight is 294 g/mol. The largest absolute Gasteiger partial charge is 0.480 e. The third-order valence-electron chi connectivity index (χ3n) is 2.97. The normalized spacial score (nSPS) is 11.9. The first-order chi connectivity index (χ1) is 10.1. The molecule has 1 rings (SSSR count). The summed E-state index contributed by atoms with van der Waals surface area (Å²) in [6, 6.07) is -0.921. The van der Waals surface area contributed by atoms with E-state index in [0.717, 1.165) is 25.1 Å². The van der Waals surface area contributed by atoms with Crippen molar-refractivity contribution in [3.05, 3.63) is 24.5 Å². The minimum atomic E-state index is -1.06. The molecule has 1 atom stereocenters. The molecule has 1 aromatic rings. The van der Waals surface area contributed by atoms with Crippen molar-refractivity contribution in [2.24, 2.45) is 0 Å². The third kappa shape index (κ3) is 6.20. The molecule has 0 aliphatic carbocycles. The van der Waals surface area contributed by atoms with Crippen LogP contribution in [0.1, 0.15) is 38.3 Å². The van der Waals surface area contributed by atoms with Gasteiger partial charge in [0.25, 0.3) is 0 Å². The quantitative estimate of drug-likeness (QED) is 0.631. The number of hydrogen-bond donors (Lipinski definition) is 2. The zero-order valence-electron chi connectivity index (χ0n) is 12.3. The zero-order valence-corrected chi connectivity index (χ0v) is 12.3. The van der Waals surface area contributed by atoms with E-state index < -0.39 is 12.0 Å². The van der Waals surface area contributed by atoms with E-state index in [2.05, 4.69) is 29.1 Å². The van der Waals surface area contributed by atoms with Crippen LogP contribution in [0.4, 0.5) is 0 Å². The number of aliphatic carboxylic acids is 1. The fraction of sp³-hybridized carbons (Fsp3) is 0.571. The first kappa shape index (κ1) is 16.9. The molecule has 0 saturated heterocycles. The van der Waals surface area contributed by atoms with E-state index in [1.165, 1.54) is 6.08 Å². The summed E-state index contributed by atoms with van der Waals surface area (Å²) >= 11 is 0. The highest BCUT2D eigenvalue weighted by molar-refractivity contribution is 5.83. The molecule has 0 aliphatic rings. The van der Waals surface area contributed by atoms with Crippen molar-refractivity contribution in [2.75, 3.05) is 0 Å². The number of nitrogens with one attached hydrogen (secondary N) is 1. The van der Waals surface area contributed by atoms with Crippen molar-refractivity contribution in [1.82, 2.24) is 20.3 Å². The number of unbranched alkanes of at least 4 members (excludes halogenated alkanes) is 1. The van der Waals surface area contributed by atoms with Gasteiger partial charge < -0.3 is 10.4 Å². The predicted octanol–water partition coefficient (Wildman–Crippen LogP) is 1.16. The topological polar surface area (TPSA) is 97.1 Å². The van der Waals surface area contributed by atoms with Crippen molar-refractivity contribution in [1.29, 1.82) is 0 Å². The molecule has 2 N–H and O–H groups in total. The number of rotatable bonds is 10. The molecule has 0 radical (unpaired) electrons. The predicted molar refractivity (Wildman–Crippen MR) is 77.6 cm³/mol. The fourth-order valence-corrected chi connectivity index (χ4v) is 1.78. The minimum Gasteiger partial charge on any atom is -0.480 e. The summed E-state index contributed by atoms with van der Waals surface area (Å²) in [5.74, 6) is -1.37. The Labute approximate surface area is 124 Å². The number of amides is 1. The van der Waals surface area contributed by atoms with E-state index in [1.54, 1.807) is 4.68 Å². The maximum Gasteiger partial charge on any atom is 0.326 e. The van der Waals surface area contributed by atoms with Gasteiger partial charge in [0, 0.05) is 25.6 Å². The second-order valence-electron chi connectivity index (χ2n) is 4.81. The lowest BCUT2D eigenvalue weighted by Crippen LogP contribution is -2.40. The van der Waals surface area contributed by atoms with Gasteiger partial charge in [-0.15, -0.1) is 11.7 Å². The lowest BCUT2D eigenvalue weighted by molar-refractivity contribution is -0.141. The van der Waals surface area contributed by atoms with Gasteiger partial charge in [-0.25, -0.2) is 4.79 Å². The number of carbonyl (C=O) groups excluding carboxylic acids is 1. The van der Waals surface area contributed by atoms with Gasteiger partial charge in [-0.2, -0.15) is 0 Å². The summed E-state index contributed by atoms with van der Waals surface area (Å²) in [5.41, 5.74) is 0.733. The number of carbonyl (C=O) groups is 2. The standard InChI is InChI=1S/C14H22N4O3/c1-3-5-9-18-10-11(16-17-18)7-8-13(19)15-12(6-4-2)14(20)21/h4,10,12H,2-3,5-9H2,1H3,(H,15,19)(H,20,21). The van der Waals surface area contributed by atoms with Crippen molar-refractivity contribution in [3.8, 4) is 0 Å². The lowest BCUT2D eigenvalue weighted by atomic mass is 10.2. The molecular weight excluding hydrogens is 272 g/mol. The Morgan fingerprint density at radius 1 is 1.57 bits per heavy atom. The van der Waals surface area contributed by atoms with E-state index in [9.17, 15) is 9.59 Å². The molecule has 1 amide bonds. The van der Waals surface area contributed by atoms with Gasteiger partial charge in [0.1, 0.15) is 6.04 Å². The Bertz CT molecular complexity index is 484. The summed E-state index contributed by atoms with van der Waals surface area (Å²) in [4.78, 5) is 22.6. The number of nitrogens with zero attached hydrogens (tertiary/aromatic N) is 3. The van der Waals surface area contributed by atoms with E-state index in [1.807, 2.05) is 6.20 Å². The molecule has 0 saturated carbocycles. The van der Waals surface area contributed by atoms with Gasteiger partial charge in [0.2, 0.25) is 5.91 Å². The highest BCUT2D eigenvalue weighted by Gasteiger charge is 2.18. The van der Waals surface area contributed by atoms with Gasteiger partial charge in [0.15, 0.2) is 0 Å². The zero-order chi connectivity index (χ0) is 15.7. The summed E-state index contributed by atoms with van der Waals surface area (Å²) in [7, 11) is 0. The molecule has 1 aromatic heterocycles. The summed E-state index contributed by atoms with van der Waals surface area (Å²) < 4.78 is 1.76. The molecule has 0 spiro atoms. The molecule has 1 heterocycles. The van der Waals surface area contributed by atoms with Crippen LogP contribution >= 0.6 is 0 Å². The first-order valence-corrected chi connectivity index (χ1v) is 7.08. The summed E-state index contributed by atoms with van der Waals surface area (Å²) in [6.07, 6.45) is 6.24. The maximum atomic E-state index is 11.7. The van der Waals surface area contributed by atoms with Crippen LogP contribution in [0.5, 0.6) is 0 Å². The number of carboxylic acids is 1. The van der Waals surface area contributed by atoms with Crippen LogP contribution in [0, 0.1) is 0 Å². The van der Waals surface area contributed by atoms with Crippen LogP contribution in [0.15, 0.2) is 18.9 Å². The number of carboxylic acid groups (broad SMARTS) is 1. The molecule has 21 heavy (non-hydrogen) atoms. The van der Waals surface area contributed by atoms with E-state index in [4.69, 9.17) is 5.11 Å². The number of aromatic nitrogens is 3. The maximum absolute atomic E-state index is 11.7. The summed E-state index contributed by atoms with van der Waals surface area (Å²) in [6.45, 7) is 6.39. The highest BCUT2D eigenvalue weighted by Crippen LogP contribution is 2.01. The van der Waals surface area contributed by atoms with Crippen molar-refractivity contribution >= 4 is 11.9 Å². The molecule has 0 bridgehead atoms. The average Bonchev–Trinajstić information content (AvgIpc) is 2.90. The van der Waals surface area contributed by atoms with Crippen molar-refractivity contribution < 1.29 is 14.7 Å². The van der Waals surface area contributed by atoms with Gasteiger partial charge in [-0.1, -0.05) is 24.6 Å². The van der Waals surface area contributed by atoms with Crippen LogP contribution in [-0.2, 0) is 22.6 Å². The molecule has 7 nitrogen and oxygen atoms in total. The SMILES string of the molecule is C=CCC(NC(=O)CCc1cn(CCCC)nn1)C(=O)O. The molecule has 0 aliphatic heterocycles. The van der Waals surface area contributed by atoms with Crippen LogP contribution in [0.2, 0.25) is 0 Å². The minimum absolute atomic E-state index is 0.188. The second kappa shape index (κ2) is 8.89. The van der Waals surface area contributed by atoms with E-state index in [-0.39, 0.29) is 18.7 Å². The third-order valence-corrected chi connectivity index (χ3v) is 2.97. The first-order valence-electron chi connectivity index (χ1n) is 7.08. The second-order valence-corrected chi connectivity index (χ2v) is 4.81. The highest BCUT2D eigenvalue weighted by atomic mass is 16.4. The Hall–Kier alpha value is -2.18. The number of aryl methyl sites for hydroxylation is 2. The Balaban J connectivity index is 2.39. The van der Waals surface area contributed by atoms with Crippen molar-refractivity contribution in [2.45, 2.75) is 51.6 Å². The molecule has 0 aromatic carbocycles. The Kier molecular flexibility index (Phi) is 7.14. The van der Waals surface area contributed by atoms with E-state index in [0.29, 0.717) is 6.42 Å². The van der Waals surface area contributed by atoms with Crippen LogP contribution in [0.3, 0.4) is 0 Å². The Morgan fingerprint density at radius 2 is 2.33 bits per heavy atom. The molecule has 0 fully saturated rings. The monoisotopic (exact) mass is 294 g/mol. The number of hydrogen-bond acceptors (Lipinski definition) is 4. The lowest BCUT2D eigenvalue weighted by Gasteiger charge is -2.11. The van der Waals surface area contributed by atoms with Crippen LogP contribution in [0.25, 0.3) is 0 Å². The fourth-order valence-electron chi connectivity index (χ4n) is 1.78. The summed E-state index contributed by atoms with van der Waals surface area (Å²) in [5, 5.41) is 19.4. The molecule has 7 heteroatoms. The molecule has 1 unspecified atom stereocenters.